The van der Waals surface area contributed by atoms with Crippen LogP contribution in [0, 0.1) is 0 Å². The number of H-pyrrole nitrogens is 1. The van der Waals surface area contributed by atoms with Crippen LogP contribution in [0.25, 0.3) is 10.1 Å². The first-order valence-corrected chi connectivity index (χ1v) is 15.1. The molecule has 2 N–H and O–H groups in total. The number of aryl methyl sites for hydroxylation is 1. The van der Waals surface area contributed by atoms with Crippen LogP contribution in [-0.4, -0.2) is 70.4 Å². The van der Waals surface area contributed by atoms with Gasteiger partial charge in [0.05, 0.1) is 12.2 Å². The number of thiophene rings is 1. The number of carbonyl (C=O) groups is 1. The van der Waals surface area contributed by atoms with E-state index in [9.17, 15) is 18.0 Å². The molecule has 1 aromatic carbocycles. The predicted octanol–water partition coefficient (Wildman–Crippen LogP) is 2.40. The summed E-state index contributed by atoms with van der Waals surface area (Å²) in [4.78, 5) is 33.5. The minimum absolute atomic E-state index is 0.00608. The molecule has 1 amide bonds. The van der Waals surface area contributed by atoms with Crippen LogP contribution in [0.2, 0.25) is 5.02 Å². The number of carbonyl (C=O) groups excluding carboxylic acids is 1. The molecule has 206 valence electrons. The van der Waals surface area contributed by atoms with Gasteiger partial charge in [-0.25, -0.2) is 18.2 Å². The van der Waals surface area contributed by atoms with Crippen molar-refractivity contribution in [3.05, 3.63) is 63.0 Å². The third-order valence-electron chi connectivity index (χ3n) is 7.03. The fraction of sp³-hybridized carbons (Fsp3) is 0.417. The Labute approximate surface area is 232 Å². The number of hydrogen-bond acceptors (Lipinski definition) is 10. The van der Waals surface area contributed by atoms with E-state index in [0.717, 1.165) is 27.1 Å². The summed E-state index contributed by atoms with van der Waals surface area (Å²) in [6, 6.07) is 6.60. The molecule has 6 rings (SSSR count). The second-order valence-corrected chi connectivity index (χ2v) is 13.4. The molecule has 2 atom stereocenters. The lowest BCUT2D eigenvalue weighted by molar-refractivity contribution is 0.0509. The molecule has 1 fully saturated rings. The molecule has 3 aromatic heterocycles. The van der Waals surface area contributed by atoms with Gasteiger partial charge in [-0.15, -0.1) is 11.3 Å². The van der Waals surface area contributed by atoms with Crippen molar-refractivity contribution in [2.45, 2.75) is 49.0 Å². The van der Waals surface area contributed by atoms with E-state index >= 15 is 0 Å². The van der Waals surface area contributed by atoms with Crippen LogP contribution in [0.3, 0.4) is 0 Å². The van der Waals surface area contributed by atoms with Gasteiger partial charge in [0.1, 0.15) is 9.97 Å². The highest BCUT2D eigenvalue weighted by atomic mass is 35.5. The number of nitrogens with one attached hydrogen (secondary N) is 2. The van der Waals surface area contributed by atoms with E-state index < -0.39 is 27.7 Å². The molecule has 12 nitrogen and oxygen atoms in total. The van der Waals surface area contributed by atoms with Gasteiger partial charge in [0, 0.05) is 54.3 Å². The average Bonchev–Trinajstić information content (AvgIpc) is 3.64. The Kier molecular flexibility index (Phi) is 6.83. The first kappa shape index (κ1) is 26.2. The molecular formula is C24H25ClN6O6S2. The molecule has 39 heavy (non-hydrogen) atoms. The number of halogens is 1. The van der Waals surface area contributed by atoms with Crippen LogP contribution in [-0.2, 0) is 29.4 Å². The van der Waals surface area contributed by atoms with E-state index in [1.54, 1.807) is 29.2 Å². The number of hydrogen-bond donors (Lipinski definition) is 2. The number of piperazine rings is 1. The van der Waals surface area contributed by atoms with Crippen molar-refractivity contribution in [3.63, 3.8) is 0 Å². The summed E-state index contributed by atoms with van der Waals surface area (Å²) < 4.78 is 40.1. The third-order valence-corrected chi connectivity index (χ3v) is 10.7. The molecule has 5 heterocycles. The van der Waals surface area contributed by atoms with Crippen LogP contribution in [0.4, 0.5) is 0 Å². The zero-order valence-corrected chi connectivity index (χ0v) is 23.2. The SMILES string of the molecule is CC1Cc2nc(C(=O)N3CCN(S(=O)(=O)c4cc5ccc(Cl)cc5s4)CC3CCc3noc(=O)[nH]3)oc2CN1. The first-order chi connectivity index (χ1) is 18.7. The summed E-state index contributed by atoms with van der Waals surface area (Å²) in [7, 11) is -3.84. The molecule has 0 saturated carbocycles. The van der Waals surface area contributed by atoms with Crippen molar-refractivity contribution < 1.29 is 22.2 Å². The van der Waals surface area contributed by atoms with Crippen molar-refractivity contribution in [2.24, 2.45) is 0 Å². The third kappa shape index (κ3) is 5.14. The van der Waals surface area contributed by atoms with Crippen molar-refractivity contribution >= 4 is 49.0 Å². The average molecular weight is 593 g/mol. The number of aromatic nitrogens is 3. The van der Waals surface area contributed by atoms with Crippen molar-refractivity contribution in [1.82, 2.24) is 29.6 Å². The van der Waals surface area contributed by atoms with E-state index in [-0.39, 0.29) is 42.2 Å². The zero-order valence-electron chi connectivity index (χ0n) is 20.8. The normalized spacial score (nSPS) is 20.4. The number of oxazole rings is 1. The smallest absolute Gasteiger partial charge is 0.436 e. The van der Waals surface area contributed by atoms with E-state index in [2.05, 4.69) is 25.0 Å². The van der Waals surface area contributed by atoms with Crippen LogP contribution in [0.5, 0.6) is 0 Å². The Hall–Kier alpha value is -3.04. The van der Waals surface area contributed by atoms with Gasteiger partial charge in [0.2, 0.25) is 0 Å². The number of sulfonamides is 1. The highest BCUT2D eigenvalue weighted by molar-refractivity contribution is 7.91. The van der Waals surface area contributed by atoms with Gasteiger partial charge in [0.15, 0.2) is 5.82 Å². The Balaban J connectivity index is 1.27. The largest absolute Gasteiger partial charge is 0.438 e. The summed E-state index contributed by atoms with van der Waals surface area (Å²) in [5.74, 6) is -0.124. The lowest BCUT2D eigenvalue weighted by Gasteiger charge is -2.40. The highest BCUT2D eigenvalue weighted by Crippen LogP contribution is 2.34. The molecule has 4 aromatic rings. The van der Waals surface area contributed by atoms with Crippen LogP contribution < -0.4 is 11.1 Å². The summed E-state index contributed by atoms with van der Waals surface area (Å²) in [5.41, 5.74) is 0.757. The number of aromatic amines is 1. The van der Waals surface area contributed by atoms with Gasteiger partial charge >= 0.3 is 11.7 Å². The van der Waals surface area contributed by atoms with Crippen molar-refractivity contribution in [1.29, 1.82) is 0 Å². The second-order valence-electron chi connectivity index (χ2n) is 9.72. The minimum Gasteiger partial charge on any atom is -0.436 e. The molecule has 0 radical (unpaired) electrons. The zero-order chi connectivity index (χ0) is 27.3. The topological polar surface area (TPSA) is 155 Å². The Morgan fingerprint density at radius 1 is 1.28 bits per heavy atom. The molecule has 1 saturated heterocycles. The monoisotopic (exact) mass is 592 g/mol. The number of nitrogens with zero attached hydrogens (tertiary/aromatic N) is 4. The van der Waals surface area contributed by atoms with Gasteiger partial charge in [-0.3, -0.25) is 14.3 Å². The van der Waals surface area contributed by atoms with Gasteiger partial charge in [-0.05, 0) is 36.9 Å². The number of fused-ring (bicyclic) bond motifs is 2. The van der Waals surface area contributed by atoms with Gasteiger partial charge in [0.25, 0.3) is 15.9 Å². The molecule has 0 aliphatic carbocycles. The summed E-state index contributed by atoms with van der Waals surface area (Å²) >= 11 is 7.25. The van der Waals surface area contributed by atoms with Gasteiger partial charge in [-0.1, -0.05) is 22.8 Å². The van der Waals surface area contributed by atoms with Crippen molar-refractivity contribution in [2.75, 3.05) is 19.6 Å². The first-order valence-electron chi connectivity index (χ1n) is 12.4. The molecule has 2 aliphatic heterocycles. The van der Waals surface area contributed by atoms with E-state index in [1.165, 1.54) is 4.31 Å². The van der Waals surface area contributed by atoms with Crippen LogP contribution in [0.1, 0.15) is 41.3 Å². The summed E-state index contributed by atoms with van der Waals surface area (Å²) in [6.07, 6.45) is 1.27. The standard InChI is InChI=1S/C24H25ClN6O6S2/c1-13-8-17-18(11-26-13)36-22(27-17)23(32)31-7-6-30(12-16(31)4-5-20-28-24(33)37-29-20)39(34,35)21-9-14-2-3-15(25)10-19(14)38-21/h2-3,9-10,13,16,26H,4-8,11-12H2,1H3,(H,28,29,33). The van der Waals surface area contributed by atoms with Crippen LogP contribution in [0.15, 0.2) is 42.2 Å². The summed E-state index contributed by atoms with van der Waals surface area (Å²) in [5, 5.41) is 8.31. The Bertz CT molecular complexity index is 1710. The van der Waals surface area contributed by atoms with Gasteiger partial charge in [-0.2, -0.15) is 4.31 Å². The second kappa shape index (κ2) is 10.2. The van der Waals surface area contributed by atoms with E-state index in [0.29, 0.717) is 36.0 Å². The van der Waals surface area contributed by atoms with Crippen molar-refractivity contribution in [3.8, 4) is 0 Å². The minimum atomic E-state index is -3.84. The fourth-order valence-electron chi connectivity index (χ4n) is 4.99. The molecule has 0 spiro atoms. The molecular weight excluding hydrogens is 568 g/mol. The maximum absolute atomic E-state index is 13.7. The molecule has 2 unspecified atom stereocenters. The molecule has 2 aliphatic rings. The molecule has 15 heteroatoms. The highest BCUT2D eigenvalue weighted by Gasteiger charge is 2.39. The summed E-state index contributed by atoms with van der Waals surface area (Å²) in [6.45, 7) is 2.85. The number of rotatable bonds is 6. The number of amides is 1. The molecule has 0 bridgehead atoms. The Morgan fingerprint density at radius 2 is 2.13 bits per heavy atom. The predicted molar refractivity (Wildman–Crippen MR) is 142 cm³/mol. The van der Waals surface area contributed by atoms with E-state index in [1.807, 2.05) is 6.92 Å². The maximum atomic E-state index is 13.7. The van der Waals surface area contributed by atoms with E-state index in [4.69, 9.17) is 16.0 Å². The lowest BCUT2D eigenvalue weighted by atomic mass is 10.1. The Morgan fingerprint density at radius 3 is 2.92 bits per heavy atom. The van der Waals surface area contributed by atoms with Gasteiger partial charge < -0.3 is 14.6 Å². The maximum Gasteiger partial charge on any atom is 0.438 e. The fourth-order valence-corrected chi connectivity index (χ4v) is 8.29. The number of benzene rings is 1. The van der Waals surface area contributed by atoms with Crippen LogP contribution >= 0.6 is 22.9 Å². The lowest BCUT2D eigenvalue weighted by Crippen LogP contribution is -2.56. The quantitative estimate of drug-likeness (QED) is 0.343.